The van der Waals surface area contributed by atoms with Crippen LogP contribution in [0.25, 0.3) is 0 Å². The first-order chi connectivity index (χ1) is 12.1. The molecular formula is C20H30N2O3. The van der Waals surface area contributed by atoms with E-state index in [2.05, 4.69) is 10.2 Å². The maximum absolute atomic E-state index is 12.4. The predicted octanol–water partition coefficient (Wildman–Crippen LogP) is 2.19. The van der Waals surface area contributed by atoms with E-state index in [4.69, 9.17) is 4.74 Å². The molecular weight excluding hydrogens is 316 g/mol. The molecule has 5 heteroatoms. The Morgan fingerprint density at radius 2 is 2.20 bits per heavy atom. The van der Waals surface area contributed by atoms with Crippen LogP contribution in [0.4, 0.5) is 0 Å². The standard InChI is InChI=1S/C20H30N2O3/c1-25-18-6-3-2-5-17(18)12-21-19(24)13-22-10-4-9-20(14-22,15-23)11-16-7-8-16/h2-3,5-6,16,23H,4,7-15H2,1H3,(H,21,24). The van der Waals surface area contributed by atoms with E-state index in [9.17, 15) is 9.90 Å². The molecule has 0 aromatic heterocycles. The van der Waals surface area contributed by atoms with Crippen molar-refractivity contribution < 1.29 is 14.6 Å². The molecule has 1 aliphatic carbocycles. The van der Waals surface area contributed by atoms with Crippen molar-refractivity contribution in [1.82, 2.24) is 10.2 Å². The third kappa shape index (κ3) is 4.95. The van der Waals surface area contributed by atoms with Crippen LogP contribution in [-0.4, -0.2) is 49.3 Å². The zero-order valence-electron chi connectivity index (χ0n) is 15.2. The molecule has 0 spiro atoms. The normalized spacial score (nSPS) is 24.1. The number of methoxy groups -OCH3 is 1. The second kappa shape index (κ2) is 8.19. The number of piperidine rings is 1. The number of carbonyl (C=O) groups excluding carboxylic acids is 1. The zero-order chi connectivity index (χ0) is 17.7. The van der Waals surface area contributed by atoms with Crippen LogP contribution in [0, 0.1) is 11.3 Å². The lowest BCUT2D eigenvalue weighted by atomic mass is 9.76. The molecule has 1 saturated heterocycles. The van der Waals surface area contributed by atoms with Crippen LogP contribution in [0.3, 0.4) is 0 Å². The van der Waals surface area contributed by atoms with Crippen molar-refractivity contribution in [1.29, 1.82) is 0 Å². The number of carbonyl (C=O) groups is 1. The molecule has 2 fully saturated rings. The molecule has 138 valence electrons. The fraction of sp³-hybridized carbons (Fsp3) is 0.650. The quantitative estimate of drug-likeness (QED) is 0.757. The van der Waals surface area contributed by atoms with Gasteiger partial charge in [-0.3, -0.25) is 9.69 Å². The van der Waals surface area contributed by atoms with E-state index >= 15 is 0 Å². The molecule has 1 saturated carbocycles. The van der Waals surface area contributed by atoms with Crippen molar-refractivity contribution in [2.45, 2.75) is 38.6 Å². The number of hydrogen-bond donors (Lipinski definition) is 2. The SMILES string of the molecule is COc1ccccc1CNC(=O)CN1CCCC(CO)(CC2CC2)C1. The van der Waals surface area contributed by atoms with Gasteiger partial charge >= 0.3 is 0 Å². The number of aliphatic hydroxyl groups is 1. The van der Waals surface area contributed by atoms with E-state index in [1.807, 2.05) is 24.3 Å². The number of aliphatic hydroxyl groups excluding tert-OH is 1. The number of nitrogens with one attached hydrogen (secondary N) is 1. The fourth-order valence-corrected chi connectivity index (χ4v) is 4.04. The number of likely N-dealkylation sites (tertiary alicyclic amines) is 1. The lowest BCUT2D eigenvalue weighted by Crippen LogP contribution is -2.48. The first kappa shape index (κ1) is 18.2. The number of amides is 1. The van der Waals surface area contributed by atoms with Gasteiger partial charge in [0.25, 0.3) is 0 Å². The Hall–Kier alpha value is -1.59. The molecule has 0 radical (unpaired) electrons. The number of para-hydroxylation sites is 1. The molecule has 1 aromatic rings. The van der Waals surface area contributed by atoms with Gasteiger partial charge in [-0.05, 0) is 37.8 Å². The van der Waals surface area contributed by atoms with Crippen molar-refractivity contribution in [2.24, 2.45) is 11.3 Å². The molecule has 1 aliphatic heterocycles. The van der Waals surface area contributed by atoms with E-state index in [-0.39, 0.29) is 17.9 Å². The van der Waals surface area contributed by atoms with Crippen molar-refractivity contribution in [3.8, 4) is 5.75 Å². The van der Waals surface area contributed by atoms with Gasteiger partial charge in [0.05, 0.1) is 13.7 Å². The van der Waals surface area contributed by atoms with Crippen LogP contribution in [0.2, 0.25) is 0 Å². The van der Waals surface area contributed by atoms with Crippen LogP contribution in [-0.2, 0) is 11.3 Å². The summed E-state index contributed by atoms with van der Waals surface area (Å²) in [7, 11) is 1.64. The minimum atomic E-state index is 0.00233. The van der Waals surface area contributed by atoms with Gasteiger partial charge in [-0.15, -0.1) is 0 Å². The minimum Gasteiger partial charge on any atom is -0.496 e. The third-order valence-corrected chi connectivity index (χ3v) is 5.53. The van der Waals surface area contributed by atoms with Crippen LogP contribution >= 0.6 is 0 Å². The molecule has 25 heavy (non-hydrogen) atoms. The topological polar surface area (TPSA) is 61.8 Å². The second-order valence-corrected chi connectivity index (χ2v) is 7.71. The summed E-state index contributed by atoms with van der Waals surface area (Å²) < 4.78 is 5.32. The van der Waals surface area contributed by atoms with E-state index in [0.29, 0.717) is 13.1 Å². The summed E-state index contributed by atoms with van der Waals surface area (Å²) in [5, 5.41) is 12.9. The summed E-state index contributed by atoms with van der Waals surface area (Å²) in [6, 6.07) is 7.74. The van der Waals surface area contributed by atoms with Crippen molar-refractivity contribution in [3.05, 3.63) is 29.8 Å². The maximum Gasteiger partial charge on any atom is 0.234 e. The molecule has 1 aromatic carbocycles. The highest BCUT2D eigenvalue weighted by atomic mass is 16.5. The molecule has 2 N–H and O–H groups in total. The molecule has 3 rings (SSSR count). The van der Waals surface area contributed by atoms with Gasteiger partial charge in [-0.1, -0.05) is 31.0 Å². The summed E-state index contributed by atoms with van der Waals surface area (Å²) >= 11 is 0. The summed E-state index contributed by atoms with van der Waals surface area (Å²) in [5.74, 6) is 1.63. The van der Waals surface area contributed by atoms with Gasteiger partial charge in [0.2, 0.25) is 5.91 Å². The van der Waals surface area contributed by atoms with Gasteiger partial charge in [-0.2, -0.15) is 0 Å². The summed E-state index contributed by atoms with van der Waals surface area (Å²) in [5.41, 5.74) is 0.984. The van der Waals surface area contributed by atoms with Crippen molar-refractivity contribution in [3.63, 3.8) is 0 Å². The van der Waals surface area contributed by atoms with Gasteiger partial charge in [0.1, 0.15) is 5.75 Å². The molecule has 1 heterocycles. The lowest BCUT2D eigenvalue weighted by molar-refractivity contribution is -0.123. The highest BCUT2D eigenvalue weighted by Crippen LogP contribution is 2.44. The molecule has 1 unspecified atom stereocenters. The molecule has 2 aliphatic rings. The van der Waals surface area contributed by atoms with Crippen LogP contribution in [0.15, 0.2) is 24.3 Å². The highest BCUT2D eigenvalue weighted by molar-refractivity contribution is 5.78. The number of nitrogens with zero attached hydrogens (tertiary/aromatic N) is 1. The van der Waals surface area contributed by atoms with Crippen LogP contribution in [0.5, 0.6) is 5.75 Å². The monoisotopic (exact) mass is 346 g/mol. The Bertz CT molecular complexity index is 588. The summed E-state index contributed by atoms with van der Waals surface area (Å²) in [4.78, 5) is 14.6. The van der Waals surface area contributed by atoms with E-state index < -0.39 is 0 Å². The Kier molecular flexibility index (Phi) is 5.97. The molecule has 1 atom stereocenters. The molecule has 1 amide bonds. The second-order valence-electron chi connectivity index (χ2n) is 7.71. The van der Waals surface area contributed by atoms with Gasteiger partial charge in [0.15, 0.2) is 0 Å². The Labute approximate surface area is 150 Å². The molecule has 0 bridgehead atoms. The first-order valence-corrected chi connectivity index (χ1v) is 9.36. The lowest BCUT2D eigenvalue weighted by Gasteiger charge is -2.42. The predicted molar refractivity (Wildman–Crippen MR) is 97.4 cm³/mol. The van der Waals surface area contributed by atoms with Gasteiger partial charge in [0, 0.05) is 30.7 Å². The molecule has 5 nitrogen and oxygen atoms in total. The van der Waals surface area contributed by atoms with E-state index in [1.165, 1.54) is 12.8 Å². The maximum atomic E-state index is 12.4. The number of rotatable bonds is 8. The smallest absolute Gasteiger partial charge is 0.234 e. The Balaban J connectivity index is 1.50. The van der Waals surface area contributed by atoms with Crippen LogP contribution < -0.4 is 10.1 Å². The van der Waals surface area contributed by atoms with E-state index in [1.54, 1.807) is 7.11 Å². The van der Waals surface area contributed by atoms with Crippen molar-refractivity contribution in [2.75, 3.05) is 33.4 Å². The Morgan fingerprint density at radius 1 is 1.40 bits per heavy atom. The average Bonchev–Trinajstić information content (AvgIpc) is 3.44. The largest absolute Gasteiger partial charge is 0.496 e. The number of hydrogen-bond acceptors (Lipinski definition) is 4. The minimum absolute atomic E-state index is 0.00233. The van der Waals surface area contributed by atoms with E-state index in [0.717, 1.165) is 49.6 Å². The zero-order valence-corrected chi connectivity index (χ0v) is 15.2. The number of benzene rings is 1. The average molecular weight is 346 g/mol. The summed E-state index contributed by atoms with van der Waals surface area (Å²) in [6.07, 6.45) is 5.87. The summed E-state index contributed by atoms with van der Waals surface area (Å²) in [6.45, 7) is 2.89. The van der Waals surface area contributed by atoms with Crippen molar-refractivity contribution >= 4 is 5.91 Å². The Morgan fingerprint density at radius 3 is 2.92 bits per heavy atom. The third-order valence-electron chi connectivity index (χ3n) is 5.53. The van der Waals surface area contributed by atoms with Gasteiger partial charge < -0.3 is 15.2 Å². The first-order valence-electron chi connectivity index (χ1n) is 9.36. The fourth-order valence-electron chi connectivity index (χ4n) is 4.04. The van der Waals surface area contributed by atoms with Crippen LogP contribution in [0.1, 0.15) is 37.7 Å². The van der Waals surface area contributed by atoms with Gasteiger partial charge in [-0.25, -0.2) is 0 Å². The number of ether oxygens (including phenoxy) is 1. The highest BCUT2D eigenvalue weighted by Gasteiger charge is 2.40.